The Kier molecular flexibility index (Phi) is 4.84. The molecule has 0 aliphatic rings. The van der Waals surface area contributed by atoms with Gasteiger partial charge < -0.3 is 5.11 Å². The lowest BCUT2D eigenvalue weighted by Gasteiger charge is -2.24. The predicted molar refractivity (Wildman–Crippen MR) is 82.3 cm³/mol. The number of aliphatic hydroxyl groups is 1. The second kappa shape index (κ2) is 6.35. The normalized spacial score (nSPS) is 14.5. The van der Waals surface area contributed by atoms with Gasteiger partial charge in [0.2, 0.25) is 10.0 Å². The van der Waals surface area contributed by atoms with Gasteiger partial charge in [-0.05, 0) is 55.3 Å². The van der Waals surface area contributed by atoms with Crippen LogP contribution >= 0.6 is 0 Å². The molecule has 2 aromatic carbocycles. The Morgan fingerprint density at radius 2 is 1.87 bits per heavy atom. The highest BCUT2D eigenvalue weighted by Gasteiger charge is 2.26. The maximum Gasteiger partial charge on any atom is 0.240 e. The Labute approximate surface area is 133 Å². The quantitative estimate of drug-likeness (QED) is 0.878. The molecule has 0 spiro atoms. The fourth-order valence-electron chi connectivity index (χ4n) is 2.03. The van der Waals surface area contributed by atoms with Crippen LogP contribution in [0.2, 0.25) is 0 Å². The zero-order valence-corrected chi connectivity index (χ0v) is 13.5. The number of sulfonamides is 1. The third-order valence-electron chi connectivity index (χ3n) is 3.49. The fraction of sp³-hybridized carbons (Fsp3) is 0.250. The van der Waals surface area contributed by atoms with E-state index in [9.17, 15) is 22.3 Å². The van der Waals surface area contributed by atoms with Crippen LogP contribution in [0.15, 0.2) is 47.4 Å². The minimum Gasteiger partial charge on any atom is -0.384 e. The molecule has 124 valence electrons. The van der Waals surface area contributed by atoms with Crippen LogP contribution in [0, 0.1) is 18.6 Å². The average Bonchev–Trinajstić information content (AvgIpc) is 2.48. The molecular formula is C16H17F2NO3S. The van der Waals surface area contributed by atoms with E-state index in [1.807, 2.05) is 0 Å². The topological polar surface area (TPSA) is 66.4 Å². The standard InChI is InChI=1S/C16H17F2NO3S/c1-11-8-14(6-7-15(11)18)23(21,22)19-10-16(2,20)12-4-3-5-13(17)9-12/h3-9,19-20H,10H2,1-2H3. The molecule has 2 rings (SSSR count). The Morgan fingerprint density at radius 1 is 1.17 bits per heavy atom. The number of halogens is 2. The van der Waals surface area contributed by atoms with E-state index in [4.69, 9.17) is 0 Å². The first-order valence-electron chi connectivity index (χ1n) is 6.86. The zero-order valence-electron chi connectivity index (χ0n) is 12.7. The molecule has 0 heterocycles. The van der Waals surface area contributed by atoms with Gasteiger partial charge in [-0.2, -0.15) is 0 Å². The maximum atomic E-state index is 13.2. The summed E-state index contributed by atoms with van der Waals surface area (Å²) in [6.07, 6.45) is 0. The molecule has 4 nitrogen and oxygen atoms in total. The highest BCUT2D eigenvalue weighted by molar-refractivity contribution is 7.89. The van der Waals surface area contributed by atoms with Crippen molar-refractivity contribution in [1.29, 1.82) is 0 Å². The molecular weight excluding hydrogens is 324 g/mol. The van der Waals surface area contributed by atoms with Gasteiger partial charge in [-0.3, -0.25) is 0 Å². The third-order valence-corrected chi connectivity index (χ3v) is 4.89. The summed E-state index contributed by atoms with van der Waals surface area (Å²) in [5.74, 6) is -1.03. The lowest BCUT2D eigenvalue weighted by atomic mass is 9.96. The van der Waals surface area contributed by atoms with E-state index in [0.29, 0.717) is 0 Å². The van der Waals surface area contributed by atoms with Gasteiger partial charge in [0.05, 0.1) is 4.90 Å². The van der Waals surface area contributed by atoms with Gasteiger partial charge in [-0.25, -0.2) is 21.9 Å². The van der Waals surface area contributed by atoms with Crippen molar-refractivity contribution in [3.8, 4) is 0 Å². The monoisotopic (exact) mass is 341 g/mol. The Balaban J connectivity index is 2.19. The summed E-state index contributed by atoms with van der Waals surface area (Å²) in [4.78, 5) is -0.105. The molecule has 1 unspecified atom stereocenters. The molecule has 0 aromatic heterocycles. The summed E-state index contributed by atoms with van der Waals surface area (Å²) in [6, 6.07) is 8.70. The number of hydrogen-bond donors (Lipinski definition) is 2. The number of rotatable bonds is 5. The first-order chi connectivity index (χ1) is 10.6. The lowest BCUT2D eigenvalue weighted by molar-refractivity contribution is 0.0624. The van der Waals surface area contributed by atoms with Crippen LogP contribution in [0.1, 0.15) is 18.1 Å². The van der Waals surface area contributed by atoms with Gasteiger partial charge in [0.15, 0.2) is 0 Å². The predicted octanol–water partition coefficient (Wildman–Crippen LogP) is 2.46. The van der Waals surface area contributed by atoms with E-state index in [1.54, 1.807) is 0 Å². The first-order valence-corrected chi connectivity index (χ1v) is 8.34. The van der Waals surface area contributed by atoms with Crippen molar-refractivity contribution in [1.82, 2.24) is 4.72 Å². The zero-order chi connectivity index (χ0) is 17.3. The molecule has 7 heteroatoms. The van der Waals surface area contributed by atoms with Gasteiger partial charge in [0.25, 0.3) is 0 Å². The van der Waals surface area contributed by atoms with Crippen molar-refractivity contribution in [2.45, 2.75) is 24.3 Å². The highest BCUT2D eigenvalue weighted by Crippen LogP contribution is 2.22. The number of hydrogen-bond acceptors (Lipinski definition) is 3. The van der Waals surface area contributed by atoms with Crippen LogP contribution in [-0.2, 0) is 15.6 Å². The van der Waals surface area contributed by atoms with Crippen LogP contribution in [-0.4, -0.2) is 20.1 Å². The van der Waals surface area contributed by atoms with Crippen LogP contribution < -0.4 is 4.72 Å². The van der Waals surface area contributed by atoms with E-state index in [1.165, 1.54) is 38.1 Å². The van der Waals surface area contributed by atoms with E-state index in [-0.39, 0.29) is 22.6 Å². The smallest absolute Gasteiger partial charge is 0.240 e. The molecule has 0 fully saturated rings. The third kappa shape index (κ3) is 4.13. The Bertz CT molecular complexity index is 820. The van der Waals surface area contributed by atoms with Gasteiger partial charge in [-0.15, -0.1) is 0 Å². The summed E-state index contributed by atoms with van der Waals surface area (Å²) < 4.78 is 53.2. The van der Waals surface area contributed by atoms with E-state index >= 15 is 0 Å². The molecule has 0 aliphatic carbocycles. The summed E-state index contributed by atoms with van der Waals surface area (Å²) in [6.45, 7) is 2.48. The average molecular weight is 341 g/mol. The first kappa shape index (κ1) is 17.5. The van der Waals surface area contributed by atoms with Crippen LogP contribution in [0.5, 0.6) is 0 Å². The van der Waals surface area contributed by atoms with Gasteiger partial charge >= 0.3 is 0 Å². The molecule has 0 amide bonds. The minimum absolute atomic E-state index is 0.105. The van der Waals surface area contributed by atoms with E-state index in [2.05, 4.69) is 4.72 Å². The van der Waals surface area contributed by atoms with Crippen molar-refractivity contribution in [2.24, 2.45) is 0 Å². The molecule has 0 saturated carbocycles. The summed E-state index contributed by atoms with van der Waals surface area (Å²) in [5.41, 5.74) is -1.15. The van der Waals surface area contributed by atoms with Crippen molar-refractivity contribution in [3.05, 3.63) is 65.2 Å². The van der Waals surface area contributed by atoms with Crippen molar-refractivity contribution in [3.63, 3.8) is 0 Å². The molecule has 1 atom stereocenters. The molecule has 0 bridgehead atoms. The fourth-order valence-corrected chi connectivity index (χ4v) is 3.25. The van der Waals surface area contributed by atoms with Crippen LogP contribution in [0.4, 0.5) is 8.78 Å². The van der Waals surface area contributed by atoms with E-state index in [0.717, 1.165) is 18.2 Å². The van der Waals surface area contributed by atoms with Crippen LogP contribution in [0.3, 0.4) is 0 Å². The second-order valence-corrected chi connectivity index (χ2v) is 7.29. The molecule has 0 aliphatic heterocycles. The van der Waals surface area contributed by atoms with E-state index < -0.39 is 27.3 Å². The van der Waals surface area contributed by atoms with Gasteiger partial charge in [-0.1, -0.05) is 12.1 Å². The van der Waals surface area contributed by atoms with Crippen molar-refractivity contribution in [2.75, 3.05) is 6.54 Å². The number of nitrogens with one attached hydrogen (secondary N) is 1. The van der Waals surface area contributed by atoms with Gasteiger partial charge in [0.1, 0.15) is 17.2 Å². The number of benzene rings is 2. The van der Waals surface area contributed by atoms with Crippen molar-refractivity contribution >= 4 is 10.0 Å². The second-order valence-electron chi connectivity index (χ2n) is 5.52. The minimum atomic E-state index is -3.92. The molecule has 2 N–H and O–H groups in total. The Hall–Kier alpha value is -1.83. The number of aryl methyl sites for hydroxylation is 1. The summed E-state index contributed by atoms with van der Waals surface area (Å²) in [5, 5.41) is 10.4. The summed E-state index contributed by atoms with van der Waals surface area (Å²) >= 11 is 0. The largest absolute Gasteiger partial charge is 0.384 e. The van der Waals surface area contributed by atoms with Crippen LogP contribution in [0.25, 0.3) is 0 Å². The highest BCUT2D eigenvalue weighted by atomic mass is 32.2. The maximum absolute atomic E-state index is 13.2. The molecule has 0 saturated heterocycles. The Morgan fingerprint density at radius 3 is 2.48 bits per heavy atom. The molecule has 0 radical (unpaired) electrons. The SMILES string of the molecule is Cc1cc(S(=O)(=O)NCC(C)(O)c2cccc(F)c2)ccc1F. The lowest BCUT2D eigenvalue weighted by Crippen LogP contribution is -2.38. The van der Waals surface area contributed by atoms with Gasteiger partial charge in [0, 0.05) is 6.54 Å². The molecule has 2 aromatic rings. The molecule has 23 heavy (non-hydrogen) atoms. The van der Waals surface area contributed by atoms with Crippen molar-refractivity contribution < 1.29 is 22.3 Å². The summed E-state index contributed by atoms with van der Waals surface area (Å²) in [7, 11) is -3.92.